The van der Waals surface area contributed by atoms with Crippen molar-refractivity contribution >= 4 is 23.3 Å². The number of amides is 1. The van der Waals surface area contributed by atoms with E-state index in [2.05, 4.69) is 39.6 Å². The van der Waals surface area contributed by atoms with Crippen LogP contribution in [0.5, 0.6) is 0 Å². The predicted molar refractivity (Wildman–Crippen MR) is 128 cm³/mol. The van der Waals surface area contributed by atoms with E-state index >= 15 is 0 Å². The third-order valence-corrected chi connectivity index (χ3v) is 7.10. The van der Waals surface area contributed by atoms with Gasteiger partial charge in [-0.15, -0.1) is 10.2 Å². The molecule has 3 heterocycles. The van der Waals surface area contributed by atoms with Crippen LogP contribution in [0.4, 0.5) is 5.82 Å². The normalized spacial score (nSPS) is 16.7. The van der Waals surface area contributed by atoms with Crippen LogP contribution in [-0.2, 0) is 26.6 Å². The zero-order chi connectivity index (χ0) is 22.9. The van der Waals surface area contributed by atoms with Crippen molar-refractivity contribution in [1.29, 1.82) is 0 Å². The van der Waals surface area contributed by atoms with Crippen molar-refractivity contribution in [3.63, 3.8) is 0 Å². The lowest BCUT2D eigenvalue weighted by atomic mass is 9.85. The van der Waals surface area contributed by atoms with E-state index in [1.54, 1.807) is 11.2 Å². The van der Waals surface area contributed by atoms with Gasteiger partial charge in [-0.25, -0.2) is 4.98 Å². The molecule has 1 aliphatic carbocycles. The maximum absolute atomic E-state index is 13.3. The van der Waals surface area contributed by atoms with Crippen molar-refractivity contribution in [2.75, 3.05) is 11.4 Å². The third-order valence-electron chi connectivity index (χ3n) is 6.90. The summed E-state index contributed by atoms with van der Waals surface area (Å²) in [4.78, 5) is 19.5. The smallest absolute Gasteiger partial charge is 0.260 e. The first-order chi connectivity index (χ1) is 16.0. The van der Waals surface area contributed by atoms with Crippen LogP contribution in [0.15, 0.2) is 36.7 Å². The summed E-state index contributed by atoms with van der Waals surface area (Å²) < 4.78 is 1.93. The molecule has 0 radical (unpaired) electrons. The van der Waals surface area contributed by atoms with E-state index in [4.69, 9.17) is 11.6 Å². The molecule has 1 saturated carbocycles. The Kier molecular flexibility index (Phi) is 6.17. The fourth-order valence-corrected chi connectivity index (χ4v) is 4.81. The van der Waals surface area contributed by atoms with Gasteiger partial charge in [0, 0.05) is 25.6 Å². The van der Waals surface area contributed by atoms with Crippen molar-refractivity contribution in [2.24, 2.45) is 13.0 Å². The molecule has 33 heavy (non-hydrogen) atoms. The van der Waals surface area contributed by atoms with Gasteiger partial charge in [0.2, 0.25) is 0 Å². The van der Waals surface area contributed by atoms with Crippen molar-refractivity contribution in [3.05, 3.63) is 69.9 Å². The number of nitrogens with zero attached hydrogens (tertiary/aromatic N) is 5. The Balaban J connectivity index is 1.30. The fraction of sp³-hybridized carbons (Fsp3) is 0.440. The highest BCUT2D eigenvalue weighted by Crippen LogP contribution is 2.32. The van der Waals surface area contributed by atoms with Crippen LogP contribution in [0.3, 0.4) is 0 Å². The lowest BCUT2D eigenvalue weighted by Gasteiger charge is -2.25. The molecule has 7 nitrogen and oxygen atoms in total. The molecule has 3 aromatic rings. The van der Waals surface area contributed by atoms with Crippen LogP contribution in [0, 0.1) is 5.92 Å². The highest BCUT2D eigenvalue weighted by molar-refractivity contribution is 6.29. The molecule has 1 atom stereocenters. The van der Waals surface area contributed by atoms with E-state index in [0.717, 1.165) is 53.5 Å². The first kappa shape index (κ1) is 22.0. The quantitative estimate of drug-likeness (QED) is 0.504. The topological polar surface area (TPSA) is 75.9 Å². The molecule has 172 valence electrons. The summed E-state index contributed by atoms with van der Waals surface area (Å²) in [7, 11) is 1.95. The minimum Gasteiger partial charge on any atom is -0.321 e. The van der Waals surface area contributed by atoms with Crippen LogP contribution in [0.25, 0.3) is 0 Å². The number of pyridine rings is 1. The minimum atomic E-state index is -0.0270. The summed E-state index contributed by atoms with van der Waals surface area (Å²) >= 11 is 6.32. The minimum absolute atomic E-state index is 0.0270. The number of aryl methyl sites for hydroxylation is 1. The average Bonchev–Trinajstić information content (AvgIpc) is 3.32. The summed E-state index contributed by atoms with van der Waals surface area (Å²) in [6.07, 6.45) is 6.45. The highest BCUT2D eigenvalue weighted by atomic mass is 35.5. The number of benzene rings is 1. The Labute approximate surface area is 199 Å². The first-order valence-corrected chi connectivity index (χ1v) is 12.0. The van der Waals surface area contributed by atoms with Crippen LogP contribution in [-0.4, -0.2) is 32.2 Å². The van der Waals surface area contributed by atoms with Crippen LogP contribution in [0.1, 0.15) is 65.0 Å². The van der Waals surface area contributed by atoms with Gasteiger partial charge in [0.1, 0.15) is 23.1 Å². The number of carbonyl (C=O) groups is 1. The van der Waals surface area contributed by atoms with Crippen molar-refractivity contribution in [3.8, 4) is 0 Å². The maximum atomic E-state index is 13.3. The Morgan fingerprint density at radius 2 is 2.09 bits per heavy atom. The lowest BCUT2D eigenvalue weighted by Crippen LogP contribution is -2.27. The summed E-state index contributed by atoms with van der Waals surface area (Å²) in [6.45, 7) is 4.41. The molecule has 0 bridgehead atoms. The largest absolute Gasteiger partial charge is 0.321 e. The van der Waals surface area contributed by atoms with Gasteiger partial charge >= 0.3 is 0 Å². The summed E-state index contributed by atoms with van der Waals surface area (Å²) in [5, 5.41) is 12.1. The molecule has 8 heteroatoms. The SMILES string of the molecule is C[C@@H](Cc1nncn1C)c1ccc2c(c1)C(=O)N(c1cc(CNCC3CCC3)cc(Cl)n1)C2. The Hall–Kier alpha value is -2.77. The first-order valence-electron chi connectivity index (χ1n) is 11.6. The molecule has 0 saturated heterocycles. The van der Waals surface area contributed by atoms with Gasteiger partial charge < -0.3 is 9.88 Å². The maximum Gasteiger partial charge on any atom is 0.260 e. The molecule has 2 aromatic heterocycles. The Morgan fingerprint density at radius 1 is 1.24 bits per heavy atom. The van der Waals surface area contributed by atoms with E-state index in [-0.39, 0.29) is 11.8 Å². The number of hydrogen-bond donors (Lipinski definition) is 1. The number of nitrogens with one attached hydrogen (secondary N) is 1. The second-order valence-corrected chi connectivity index (χ2v) is 9.74. The molecule has 0 spiro atoms. The van der Waals surface area contributed by atoms with Gasteiger partial charge in [0.05, 0.1) is 6.54 Å². The van der Waals surface area contributed by atoms with Crippen LogP contribution >= 0.6 is 11.6 Å². The molecular weight excluding hydrogens is 436 g/mol. The number of fused-ring (bicyclic) bond motifs is 1. The van der Waals surface area contributed by atoms with Gasteiger partial charge in [-0.05, 0) is 66.1 Å². The van der Waals surface area contributed by atoms with E-state index in [9.17, 15) is 4.79 Å². The van der Waals surface area contributed by atoms with E-state index in [1.165, 1.54) is 19.3 Å². The van der Waals surface area contributed by atoms with Gasteiger partial charge in [-0.1, -0.05) is 37.1 Å². The second-order valence-electron chi connectivity index (χ2n) is 9.36. The van der Waals surface area contributed by atoms with Crippen molar-refractivity contribution in [2.45, 2.75) is 51.6 Å². The standard InChI is InChI=1S/C25H29ClN6O/c1-16(8-24-30-28-15-31(24)2)19-6-7-20-14-32(25(33)21(20)11-19)23-10-18(9-22(26)29-23)13-27-12-17-4-3-5-17/h6-7,9-11,15-17,27H,3-5,8,12-14H2,1-2H3/t16-/m0/s1. The van der Waals surface area contributed by atoms with Crippen molar-refractivity contribution < 1.29 is 4.79 Å². The second kappa shape index (κ2) is 9.23. The number of aromatic nitrogens is 4. The van der Waals surface area contributed by atoms with Crippen LogP contribution in [0.2, 0.25) is 5.15 Å². The third kappa shape index (κ3) is 4.66. The highest BCUT2D eigenvalue weighted by Gasteiger charge is 2.30. The summed E-state index contributed by atoms with van der Waals surface area (Å²) in [6, 6.07) is 10.0. The number of carbonyl (C=O) groups excluding carboxylic acids is 1. The van der Waals surface area contributed by atoms with E-state index in [1.807, 2.05) is 29.8 Å². The number of halogens is 1. The van der Waals surface area contributed by atoms with Gasteiger partial charge in [-0.2, -0.15) is 0 Å². The molecule has 0 unspecified atom stereocenters. The average molecular weight is 465 g/mol. The molecule has 1 aromatic carbocycles. The van der Waals surface area contributed by atoms with Gasteiger partial charge in [0.15, 0.2) is 0 Å². The van der Waals surface area contributed by atoms with Gasteiger partial charge in [-0.3, -0.25) is 9.69 Å². The van der Waals surface area contributed by atoms with Crippen LogP contribution < -0.4 is 10.2 Å². The monoisotopic (exact) mass is 464 g/mol. The number of rotatable bonds is 8. The lowest BCUT2D eigenvalue weighted by molar-refractivity contribution is 0.0996. The number of hydrogen-bond acceptors (Lipinski definition) is 5. The summed E-state index contributed by atoms with van der Waals surface area (Å²) in [5.74, 6) is 2.52. The van der Waals surface area contributed by atoms with E-state index < -0.39 is 0 Å². The summed E-state index contributed by atoms with van der Waals surface area (Å²) in [5.41, 5.74) is 3.92. The molecule has 1 amide bonds. The zero-order valence-corrected chi connectivity index (χ0v) is 19.8. The molecule has 1 aliphatic heterocycles. The van der Waals surface area contributed by atoms with Gasteiger partial charge in [0.25, 0.3) is 5.91 Å². The van der Waals surface area contributed by atoms with Crippen molar-refractivity contribution in [1.82, 2.24) is 25.1 Å². The molecule has 2 aliphatic rings. The fourth-order valence-electron chi connectivity index (χ4n) is 4.59. The molecule has 1 fully saturated rings. The Morgan fingerprint density at radius 3 is 2.82 bits per heavy atom. The molecular formula is C25H29ClN6O. The predicted octanol–water partition coefficient (Wildman–Crippen LogP) is 4.26. The molecule has 1 N–H and O–H groups in total. The zero-order valence-electron chi connectivity index (χ0n) is 19.1. The number of anilines is 1. The van der Waals surface area contributed by atoms with E-state index in [0.29, 0.717) is 17.5 Å². The molecule has 5 rings (SSSR count). The Bertz CT molecular complexity index is 1170.